The maximum atomic E-state index is 5.68. The third-order valence-electron chi connectivity index (χ3n) is 5.79. The number of methoxy groups -OCH3 is 1. The lowest BCUT2D eigenvalue weighted by atomic mass is 10.1. The van der Waals surface area contributed by atoms with Gasteiger partial charge in [-0.05, 0) is 64.0 Å². The molecule has 2 rings (SSSR count). The highest BCUT2D eigenvalue weighted by atomic mass is 32.3. The first-order valence-electron chi connectivity index (χ1n) is 8.40. The molecule has 2 fully saturated rings. The van der Waals surface area contributed by atoms with Crippen molar-refractivity contribution in [1.29, 1.82) is 0 Å². The lowest BCUT2D eigenvalue weighted by Gasteiger charge is -2.46. The van der Waals surface area contributed by atoms with Crippen LogP contribution in [0.25, 0.3) is 0 Å². The highest BCUT2D eigenvalue weighted by molar-refractivity contribution is 8.49. The fraction of sp³-hybridized carbons (Fsp3) is 0.833. The predicted molar refractivity (Wildman–Crippen MR) is 98.8 cm³/mol. The number of rotatable bonds is 2. The molecule has 124 valence electrons. The second-order valence-electron chi connectivity index (χ2n) is 7.74. The van der Waals surface area contributed by atoms with Gasteiger partial charge in [-0.15, -0.1) is 0 Å². The van der Waals surface area contributed by atoms with Gasteiger partial charge in [0.05, 0.1) is 6.10 Å². The molecule has 1 aliphatic carbocycles. The lowest BCUT2D eigenvalue weighted by Crippen LogP contribution is -2.32. The van der Waals surface area contributed by atoms with Crippen molar-refractivity contribution in [1.82, 2.24) is 4.90 Å². The summed E-state index contributed by atoms with van der Waals surface area (Å²) in [6, 6.07) is 0.704. The normalized spacial score (nSPS) is 36.3. The largest absolute Gasteiger partial charge is 0.381 e. The zero-order valence-electron chi connectivity index (χ0n) is 15.1. The van der Waals surface area contributed by atoms with Crippen LogP contribution in [0.2, 0.25) is 0 Å². The first-order valence-corrected chi connectivity index (χ1v) is 11.4. The van der Waals surface area contributed by atoms with E-state index in [1.54, 1.807) is 5.03 Å². The average molecular weight is 314 g/mol. The summed E-state index contributed by atoms with van der Waals surface area (Å²) in [5, 5.41) is 5.16. The molecule has 2 aliphatic rings. The lowest BCUT2D eigenvalue weighted by molar-refractivity contribution is 0.0883. The SMILES string of the molecule is CCC=S1(C)(C)C(=C(C)C)N(C)C2CCC(OC)CCC21. The summed E-state index contributed by atoms with van der Waals surface area (Å²) >= 11 is 0. The molecule has 0 spiro atoms. The van der Waals surface area contributed by atoms with Crippen LogP contribution in [0.5, 0.6) is 0 Å². The Kier molecular flexibility index (Phi) is 4.66. The average Bonchev–Trinajstić information content (AvgIpc) is 2.55. The van der Waals surface area contributed by atoms with Crippen LogP contribution in [-0.4, -0.2) is 54.3 Å². The van der Waals surface area contributed by atoms with Crippen molar-refractivity contribution >= 4 is 14.1 Å². The van der Waals surface area contributed by atoms with Crippen LogP contribution in [0.3, 0.4) is 0 Å². The number of hydrogen-bond acceptors (Lipinski definition) is 2. The zero-order valence-corrected chi connectivity index (χ0v) is 15.9. The van der Waals surface area contributed by atoms with Crippen molar-refractivity contribution in [2.24, 2.45) is 0 Å². The summed E-state index contributed by atoms with van der Waals surface area (Å²) in [7, 11) is 2.57. The summed E-state index contributed by atoms with van der Waals surface area (Å²) in [6.45, 7) is 6.92. The zero-order chi connectivity index (χ0) is 15.9. The molecule has 0 amide bonds. The molecule has 1 saturated carbocycles. The molecule has 0 aromatic heterocycles. The minimum absolute atomic E-state index is 0.470. The molecule has 2 nitrogen and oxygen atoms in total. The molecular weight excluding hydrogens is 278 g/mol. The summed E-state index contributed by atoms with van der Waals surface area (Å²) < 4.78 is 5.68. The van der Waals surface area contributed by atoms with Crippen LogP contribution in [0.15, 0.2) is 10.6 Å². The monoisotopic (exact) mass is 313 g/mol. The van der Waals surface area contributed by atoms with Crippen molar-refractivity contribution in [3.05, 3.63) is 10.6 Å². The van der Waals surface area contributed by atoms with Crippen LogP contribution in [-0.2, 0) is 4.74 Å². The second kappa shape index (κ2) is 5.73. The fourth-order valence-electron chi connectivity index (χ4n) is 5.21. The van der Waals surface area contributed by atoms with E-state index < -0.39 is 8.75 Å². The van der Waals surface area contributed by atoms with E-state index in [0.29, 0.717) is 12.1 Å². The Morgan fingerprint density at radius 2 is 1.86 bits per heavy atom. The first kappa shape index (κ1) is 17.1. The topological polar surface area (TPSA) is 12.5 Å². The number of allylic oxidation sites excluding steroid dienone is 1. The highest BCUT2D eigenvalue weighted by Crippen LogP contribution is 2.72. The van der Waals surface area contributed by atoms with Gasteiger partial charge in [0.15, 0.2) is 0 Å². The first-order chi connectivity index (χ1) is 9.75. The van der Waals surface area contributed by atoms with E-state index in [2.05, 4.69) is 50.6 Å². The van der Waals surface area contributed by atoms with E-state index in [0.717, 1.165) is 5.25 Å². The van der Waals surface area contributed by atoms with Gasteiger partial charge in [0, 0.05) is 30.5 Å². The van der Waals surface area contributed by atoms with Crippen LogP contribution in [0, 0.1) is 0 Å². The minimum Gasteiger partial charge on any atom is -0.381 e. The van der Waals surface area contributed by atoms with Crippen LogP contribution in [0.4, 0.5) is 0 Å². The van der Waals surface area contributed by atoms with E-state index in [9.17, 15) is 0 Å². The molecule has 0 aromatic rings. The minimum atomic E-state index is -1.65. The smallest absolute Gasteiger partial charge is 0.0572 e. The van der Waals surface area contributed by atoms with Crippen molar-refractivity contribution in [2.45, 2.75) is 70.3 Å². The molecule has 1 aliphatic heterocycles. The Morgan fingerprint density at radius 3 is 2.38 bits per heavy atom. The summed E-state index contributed by atoms with van der Waals surface area (Å²) in [5.41, 5.74) is 1.52. The molecule has 21 heavy (non-hydrogen) atoms. The molecule has 0 aromatic carbocycles. The van der Waals surface area contributed by atoms with Crippen LogP contribution >= 0.6 is 8.75 Å². The van der Waals surface area contributed by atoms with Gasteiger partial charge < -0.3 is 9.64 Å². The standard InChI is InChI=1S/C18H35NOS/c1-8-13-21(6,7)17-12-10-15(20-5)9-11-16(17)19(4)18(21)14(2)3/h13,15-17H,8-12H2,1-7H3. The van der Waals surface area contributed by atoms with Crippen molar-refractivity contribution in [3.63, 3.8) is 0 Å². The Hall–Kier alpha value is -0.280. The molecule has 0 bridgehead atoms. The number of nitrogens with zero attached hydrogens (tertiary/aromatic N) is 1. The van der Waals surface area contributed by atoms with E-state index >= 15 is 0 Å². The summed E-state index contributed by atoms with van der Waals surface area (Å²) in [5.74, 6) is 0. The number of hydrogen-bond donors (Lipinski definition) is 0. The van der Waals surface area contributed by atoms with Gasteiger partial charge in [-0.25, -0.2) is 8.75 Å². The van der Waals surface area contributed by atoms with Crippen LogP contribution < -0.4 is 0 Å². The van der Waals surface area contributed by atoms with E-state index in [1.807, 2.05) is 7.11 Å². The fourth-order valence-corrected chi connectivity index (χ4v) is 11.4. The molecule has 0 radical (unpaired) electrons. The Balaban J connectivity index is 2.56. The maximum absolute atomic E-state index is 5.68. The number of ether oxygens (including phenoxy) is 1. The van der Waals surface area contributed by atoms with Gasteiger partial charge in [0.1, 0.15) is 0 Å². The Bertz CT molecular complexity index is 495. The molecule has 1 heterocycles. The van der Waals surface area contributed by atoms with Gasteiger partial charge >= 0.3 is 0 Å². The molecule has 3 unspecified atom stereocenters. The maximum Gasteiger partial charge on any atom is 0.0572 e. The van der Waals surface area contributed by atoms with Gasteiger partial charge in [-0.2, -0.15) is 0 Å². The molecule has 3 atom stereocenters. The van der Waals surface area contributed by atoms with E-state index in [4.69, 9.17) is 4.74 Å². The second-order valence-corrected chi connectivity index (χ2v) is 13.3. The molecule has 0 N–H and O–H groups in total. The van der Waals surface area contributed by atoms with Gasteiger partial charge in [0.2, 0.25) is 0 Å². The third-order valence-corrected chi connectivity index (χ3v) is 11.5. The predicted octanol–water partition coefficient (Wildman–Crippen LogP) is 4.32. The summed E-state index contributed by atoms with van der Waals surface area (Å²) in [6.07, 6.45) is 11.9. The molecule has 1 saturated heterocycles. The summed E-state index contributed by atoms with van der Waals surface area (Å²) in [4.78, 5) is 2.64. The molecule has 3 heteroatoms. The van der Waals surface area contributed by atoms with Gasteiger partial charge in [-0.3, -0.25) is 0 Å². The number of fused-ring (bicyclic) bond motifs is 1. The van der Waals surface area contributed by atoms with E-state index in [1.165, 1.54) is 37.7 Å². The third kappa shape index (κ3) is 2.61. The van der Waals surface area contributed by atoms with Gasteiger partial charge in [-0.1, -0.05) is 12.3 Å². The quantitative estimate of drug-likeness (QED) is 0.704. The van der Waals surface area contributed by atoms with Crippen molar-refractivity contribution in [2.75, 3.05) is 26.7 Å². The Morgan fingerprint density at radius 1 is 1.24 bits per heavy atom. The highest BCUT2D eigenvalue weighted by Gasteiger charge is 2.51. The van der Waals surface area contributed by atoms with E-state index in [-0.39, 0.29) is 0 Å². The van der Waals surface area contributed by atoms with Crippen molar-refractivity contribution < 1.29 is 4.74 Å². The van der Waals surface area contributed by atoms with Gasteiger partial charge in [0.25, 0.3) is 0 Å². The van der Waals surface area contributed by atoms with Crippen molar-refractivity contribution in [3.8, 4) is 0 Å². The molecular formula is C18H35NOS. The van der Waals surface area contributed by atoms with Crippen LogP contribution in [0.1, 0.15) is 52.9 Å². The Labute approximate surface area is 131 Å².